The van der Waals surface area contributed by atoms with E-state index >= 15 is 0 Å². The second kappa shape index (κ2) is 11.6. The first-order chi connectivity index (χ1) is 19.2. The van der Waals surface area contributed by atoms with E-state index in [-0.39, 0.29) is 41.5 Å². The maximum Gasteiger partial charge on any atom is 0.251 e. The normalized spacial score (nSPS) is 22.4. The number of carbonyl (C=O) groups is 3. The van der Waals surface area contributed by atoms with E-state index in [9.17, 15) is 22.8 Å². The third kappa shape index (κ3) is 5.61. The summed E-state index contributed by atoms with van der Waals surface area (Å²) in [4.78, 5) is 47.6. The molecule has 1 aromatic heterocycles. The van der Waals surface area contributed by atoms with Gasteiger partial charge in [0.2, 0.25) is 15.9 Å². The van der Waals surface area contributed by atoms with Crippen LogP contribution in [0.4, 0.5) is 5.69 Å². The molecular formula is C28H35N5O6S. The number of sulfonamides is 1. The second-order valence-corrected chi connectivity index (χ2v) is 12.7. The SMILES string of the molecule is CC(C)CC(NC(=O)c1ccc(N2CCOCC2)cc1)C(=O)N1CCC2C1C(=O)CN2S(=O)(=O)c1cccnc1. The van der Waals surface area contributed by atoms with Gasteiger partial charge in [0, 0.05) is 43.3 Å². The Morgan fingerprint density at radius 2 is 1.82 bits per heavy atom. The van der Waals surface area contributed by atoms with Crippen molar-refractivity contribution < 1.29 is 27.5 Å². The number of pyridine rings is 1. The smallest absolute Gasteiger partial charge is 0.251 e. The summed E-state index contributed by atoms with van der Waals surface area (Å²) < 4.78 is 33.1. The predicted octanol–water partition coefficient (Wildman–Crippen LogP) is 1.31. The first-order valence-electron chi connectivity index (χ1n) is 13.7. The Kier molecular flexibility index (Phi) is 8.20. The van der Waals surface area contributed by atoms with Crippen LogP contribution in [0.2, 0.25) is 0 Å². The molecule has 3 saturated heterocycles. The number of rotatable bonds is 8. The third-order valence-corrected chi connectivity index (χ3v) is 9.57. The van der Waals surface area contributed by atoms with Gasteiger partial charge in [-0.2, -0.15) is 4.31 Å². The number of morpholine rings is 1. The van der Waals surface area contributed by atoms with Crippen molar-refractivity contribution in [2.45, 2.75) is 49.7 Å². The van der Waals surface area contributed by atoms with Crippen LogP contribution < -0.4 is 10.2 Å². The first kappa shape index (κ1) is 28.2. The van der Waals surface area contributed by atoms with Gasteiger partial charge in [-0.3, -0.25) is 19.4 Å². The van der Waals surface area contributed by atoms with Crippen molar-refractivity contribution in [2.24, 2.45) is 5.92 Å². The van der Waals surface area contributed by atoms with Crippen LogP contribution in [0.1, 0.15) is 37.0 Å². The monoisotopic (exact) mass is 569 g/mol. The van der Waals surface area contributed by atoms with Gasteiger partial charge >= 0.3 is 0 Å². The summed E-state index contributed by atoms with van der Waals surface area (Å²) in [5, 5.41) is 2.89. The number of aromatic nitrogens is 1. The lowest BCUT2D eigenvalue weighted by molar-refractivity contribution is -0.138. The number of anilines is 1. The largest absolute Gasteiger partial charge is 0.378 e. The molecule has 3 aliphatic rings. The summed E-state index contributed by atoms with van der Waals surface area (Å²) in [7, 11) is -3.95. The molecule has 2 aromatic rings. The van der Waals surface area contributed by atoms with E-state index in [0.29, 0.717) is 31.6 Å². The van der Waals surface area contributed by atoms with Gasteiger partial charge < -0.3 is 19.9 Å². The van der Waals surface area contributed by atoms with Gasteiger partial charge in [0.05, 0.1) is 25.8 Å². The fourth-order valence-electron chi connectivity index (χ4n) is 5.76. The Morgan fingerprint density at radius 1 is 1.10 bits per heavy atom. The van der Waals surface area contributed by atoms with E-state index < -0.39 is 28.1 Å². The number of likely N-dealkylation sites (tertiary alicyclic amines) is 1. The Bertz CT molecular complexity index is 1350. The molecule has 2 amide bonds. The minimum absolute atomic E-state index is 0.0119. The summed E-state index contributed by atoms with van der Waals surface area (Å²) in [5.41, 5.74) is 1.44. The fourth-order valence-corrected chi connectivity index (χ4v) is 7.35. The highest BCUT2D eigenvalue weighted by molar-refractivity contribution is 7.89. The average molecular weight is 570 g/mol. The molecule has 214 valence electrons. The topological polar surface area (TPSA) is 129 Å². The molecule has 3 fully saturated rings. The van der Waals surface area contributed by atoms with Crippen molar-refractivity contribution in [3.8, 4) is 0 Å². The van der Waals surface area contributed by atoms with Crippen molar-refractivity contribution >= 4 is 33.3 Å². The molecule has 0 bridgehead atoms. The van der Waals surface area contributed by atoms with Crippen LogP contribution in [-0.2, 0) is 24.3 Å². The molecule has 1 N–H and O–H groups in total. The Labute approximate surface area is 234 Å². The molecule has 0 aliphatic carbocycles. The van der Waals surface area contributed by atoms with E-state index in [0.717, 1.165) is 18.8 Å². The molecule has 4 heterocycles. The Hall–Kier alpha value is -3.35. The van der Waals surface area contributed by atoms with Crippen molar-refractivity contribution in [2.75, 3.05) is 44.3 Å². The zero-order valence-electron chi connectivity index (χ0n) is 22.7. The minimum atomic E-state index is -3.95. The molecule has 3 atom stereocenters. The number of hydrogen-bond acceptors (Lipinski definition) is 8. The van der Waals surface area contributed by atoms with Crippen molar-refractivity contribution in [1.29, 1.82) is 0 Å². The number of ether oxygens (including phenoxy) is 1. The lowest BCUT2D eigenvalue weighted by Crippen LogP contribution is -2.53. The Balaban J connectivity index is 1.30. The zero-order chi connectivity index (χ0) is 28.4. The van der Waals surface area contributed by atoms with Gasteiger partial charge in [-0.15, -0.1) is 0 Å². The van der Waals surface area contributed by atoms with Crippen molar-refractivity contribution in [3.05, 3.63) is 54.4 Å². The maximum atomic E-state index is 13.8. The highest BCUT2D eigenvalue weighted by Gasteiger charge is 2.54. The van der Waals surface area contributed by atoms with E-state index in [2.05, 4.69) is 15.2 Å². The van der Waals surface area contributed by atoms with Gasteiger partial charge in [-0.25, -0.2) is 8.42 Å². The molecule has 0 saturated carbocycles. The summed E-state index contributed by atoms with van der Waals surface area (Å²) in [6, 6.07) is 7.86. The molecule has 11 nitrogen and oxygen atoms in total. The van der Waals surface area contributed by atoms with Crippen LogP contribution >= 0.6 is 0 Å². The summed E-state index contributed by atoms with van der Waals surface area (Å²) in [5.74, 6) is -0.968. The number of Topliss-reactive ketones (excluding diaryl/α,β-unsaturated/α-hetero) is 1. The van der Waals surface area contributed by atoms with Gasteiger partial charge in [0.25, 0.3) is 5.91 Å². The molecular weight excluding hydrogens is 534 g/mol. The van der Waals surface area contributed by atoms with E-state index in [1.807, 2.05) is 26.0 Å². The minimum Gasteiger partial charge on any atom is -0.378 e. The number of fused-ring (bicyclic) bond motifs is 1. The quantitative estimate of drug-likeness (QED) is 0.504. The van der Waals surface area contributed by atoms with Crippen LogP contribution in [0.25, 0.3) is 0 Å². The highest BCUT2D eigenvalue weighted by atomic mass is 32.2. The van der Waals surface area contributed by atoms with Gasteiger partial charge in [-0.05, 0) is 55.2 Å². The van der Waals surface area contributed by atoms with Crippen LogP contribution in [0.3, 0.4) is 0 Å². The van der Waals surface area contributed by atoms with Gasteiger partial charge in [0.15, 0.2) is 5.78 Å². The number of benzene rings is 1. The third-order valence-electron chi connectivity index (χ3n) is 7.72. The van der Waals surface area contributed by atoms with Gasteiger partial charge in [0.1, 0.15) is 17.0 Å². The van der Waals surface area contributed by atoms with E-state index in [1.54, 1.807) is 12.1 Å². The van der Waals surface area contributed by atoms with Crippen molar-refractivity contribution in [1.82, 2.24) is 19.5 Å². The van der Waals surface area contributed by atoms with Crippen LogP contribution in [0.5, 0.6) is 0 Å². The number of ketones is 1. The van der Waals surface area contributed by atoms with E-state index in [1.165, 1.54) is 33.7 Å². The lowest BCUT2D eigenvalue weighted by atomic mass is 10.0. The van der Waals surface area contributed by atoms with Crippen LogP contribution in [0.15, 0.2) is 53.7 Å². The number of nitrogens with one attached hydrogen (secondary N) is 1. The van der Waals surface area contributed by atoms with Gasteiger partial charge in [-0.1, -0.05) is 13.8 Å². The predicted molar refractivity (Wildman–Crippen MR) is 147 cm³/mol. The number of nitrogens with zero attached hydrogens (tertiary/aromatic N) is 4. The van der Waals surface area contributed by atoms with Crippen molar-refractivity contribution in [3.63, 3.8) is 0 Å². The molecule has 3 unspecified atom stereocenters. The standard InChI is InChI=1S/C28H35N5O6S/c1-19(2)16-23(30-27(35)20-5-7-21(8-6-20)31-12-14-39-15-13-31)28(36)32-11-9-24-26(32)25(34)18-33(24)40(37,38)22-4-3-10-29-17-22/h3-8,10,17,19,23-24,26H,9,11-16,18H2,1-2H3,(H,30,35). The molecule has 12 heteroatoms. The molecule has 3 aliphatic heterocycles. The number of amides is 2. The number of hydrogen-bond donors (Lipinski definition) is 1. The second-order valence-electron chi connectivity index (χ2n) is 10.8. The molecule has 0 radical (unpaired) electrons. The maximum absolute atomic E-state index is 13.8. The molecule has 5 rings (SSSR count). The number of carbonyl (C=O) groups excluding carboxylic acids is 3. The Morgan fingerprint density at radius 3 is 2.48 bits per heavy atom. The zero-order valence-corrected chi connectivity index (χ0v) is 23.5. The summed E-state index contributed by atoms with van der Waals surface area (Å²) in [6.07, 6.45) is 3.46. The summed E-state index contributed by atoms with van der Waals surface area (Å²) >= 11 is 0. The van der Waals surface area contributed by atoms with Crippen LogP contribution in [0, 0.1) is 5.92 Å². The van der Waals surface area contributed by atoms with E-state index in [4.69, 9.17) is 4.74 Å². The highest BCUT2D eigenvalue weighted by Crippen LogP contribution is 2.34. The first-order valence-corrected chi connectivity index (χ1v) is 15.1. The molecule has 40 heavy (non-hydrogen) atoms. The molecule has 0 spiro atoms. The average Bonchev–Trinajstić information content (AvgIpc) is 3.54. The summed E-state index contributed by atoms with van der Waals surface area (Å²) in [6.45, 7) is 6.75. The fraction of sp³-hybridized carbons (Fsp3) is 0.500. The van der Waals surface area contributed by atoms with Crippen LogP contribution in [-0.4, -0.2) is 97.7 Å². The molecule has 1 aromatic carbocycles. The lowest BCUT2D eigenvalue weighted by Gasteiger charge is -2.29.